The van der Waals surface area contributed by atoms with Gasteiger partial charge < -0.3 is 4.74 Å². The van der Waals surface area contributed by atoms with Crippen LogP contribution in [-0.4, -0.2) is 17.9 Å². The number of rotatable bonds is 6. The maximum absolute atomic E-state index is 12.0. The summed E-state index contributed by atoms with van der Waals surface area (Å²) in [5.74, 6) is -2.04. The fourth-order valence-corrected chi connectivity index (χ4v) is 1.65. The quantitative estimate of drug-likeness (QED) is 0.456. The molecular formula is C14H13F3O3. The van der Waals surface area contributed by atoms with Gasteiger partial charge in [-0.05, 0) is 37.6 Å². The zero-order chi connectivity index (χ0) is 15.3. The van der Waals surface area contributed by atoms with E-state index in [1.165, 1.54) is 25.1 Å². The van der Waals surface area contributed by atoms with Gasteiger partial charge in [0, 0.05) is 5.56 Å². The van der Waals surface area contributed by atoms with E-state index in [0.29, 0.717) is 0 Å². The van der Waals surface area contributed by atoms with Gasteiger partial charge in [0.05, 0.1) is 5.92 Å². The Morgan fingerprint density at radius 2 is 1.85 bits per heavy atom. The number of alkyl halides is 3. The fraction of sp³-hybridized carbons (Fsp3) is 0.286. The topological polar surface area (TPSA) is 43.4 Å². The first-order valence-electron chi connectivity index (χ1n) is 5.76. The number of hydrogen-bond donors (Lipinski definition) is 0. The van der Waals surface area contributed by atoms with E-state index in [1.807, 2.05) is 0 Å². The van der Waals surface area contributed by atoms with Crippen LogP contribution < -0.4 is 4.74 Å². The Balaban J connectivity index is 2.89. The zero-order valence-corrected chi connectivity index (χ0v) is 10.7. The normalized spacial score (nSPS) is 12.6. The van der Waals surface area contributed by atoms with Crippen LogP contribution in [-0.2, 0) is 4.79 Å². The minimum absolute atomic E-state index is 0.154. The van der Waals surface area contributed by atoms with Gasteiger partial charge in [-0.25, -0.2) is 0 Å². The van der Waals surface area contributed by atoms with Crippen LogP contribution in [0.5, 0.6) is 5.75 Å². The summed E-state index contributed by atoms with van der Waals surface area (Å²) >= 11 is 0. The van der Waals surface area contributed by atoms with E-state index in [-0.39, 0.29) is 17.8 Å². The van der Waals surface area contributed by atoms with Crippen molar-refractivity contribution < 1.29 is 27.5 Å². The molecule has 0 bridgehead atoms. The Morgan fingerprint density at radius 1 is 1.30 bits per heavy atom. The molecule has 0 saturated heterocycles. The molecule has 1 aromatic carbocycles. The zero-order valence-electron chi connectivity index (χ0n) is 10.7. The number of halogens is 3. The Bertz CT molecular complexity index is 503. The molecule has 0 heterocycles. The number of benzene rings is 1. The van der Waals surface area contributed by atoms with Crippen LogP contribution in [0.25, 0.3) is 0 Å². The van der Waals surface area contributed by atoms with E-state index in [4.69, 9.17) is 0 Å². The van der Waals surface area contributed by atoms with E-state index in [2.05, 4.69) is 11.3 Å². The van der Waals surface area contributed by atoms with Crippen LogP contribution in [0.1, 0.15) is 23.7 Å². The molecule has 20 heavy (non-hydrogen) atoms. The van der Waals surface area contributed by atoms with Crippen molar-refractivity contribution in [2.75, 3.05) is 0 Å². The smallest absolute Gasteiger partial charge is 0.406 e. The van der Waals surface area contributed by atoms with E-state index in [1.54, 1.807) is 0 Å². The minimum Gasteiger partial charge on any atom is -0.406 e. The van der Waals surface area contributed by atoms with Gasteiger partial charge in [-0.1, -0.05) is 6.08 Å². The lowest BCUT2D eigenvalue weighted by Gasteiger charge is -2.12. The first-order valence-corrected chi connectivity index (χ1v) is 5.76. The maximum Gasteiger partial charge on any atom is 0.573 e. The number of carbonyl (C=O) groups excluding carboxylic acids is 2. The average Bonchev–Trinajstić information content (AvgIpc) is 2.33. The molecule has 1 atom stereocenters. The highest BCUT2D eigenvalue weighted by atomic mass is 19.4. The summed E-state index contributed by atoms with van der Waals surface area (Å²) < 4.78 is 39.7. The summed E-state index contributed by atoms with van der Waals surface area (Å²) in [5, 5.41) is 0. The molecule has 1 aromatic rings. The van der Waals surface area contributed by atoms with Crippen LogP contribution in [0.15, 0.2) is 36.9 Å². The van der Waals surface area contributed by atoms with Crippen molar-refractivity contribution in [3.63, 3.8) is 0 Å². The number of carbonyl (C=O) groups is 2. The van der Waals surface area contributed by atoms with Crippen molar-refractivity contribution in [2.24, 2.45) is 5.92 Å². The standard InChI is InChI=1S/C14H13F3O3/c1-3-4-12(9(2)18)13(19)10-5-7-11(8-6-10)20-14(15,16)17/h3,5-8,12H,1,4H2,2H3. The summed E-state index contributed by atoms with van der Waals surface area (Å²) in [6.07, 6.45) is -3.14. The van der Waals surface area contributed by atoms with E-state index >= 15 is 0 Å². The first kappa shape index (κ1) is 15.9. The van der Waals surface area contributed by atoms with Gasteiger partial charge in [-0.15, -0.1) is 19.8 Å². The van der Waals surface area contributed by atoms with Crippen molar-refractivity contribution in [1.82, 2.24) is 0 Å². The molecule has 0 aliphatic carbocycles. The molecule has 0 aliphatic heterocycles. The van der Waals surface area contributed by atoms with E-state index in [0.717, 1.165) is 12.1 Å². The van der Waals surface area contributed by atoms with Gasteiger partial charge >= 0.3 is 6.36 Å². The third-order valence-electron chi connectivity index (χ3n) is 2.58. The fourth-order valence-electron chi connectivity index (χ4n) is 1.65. The minimum atomic E-state index is -4.78. The summed E-state index contributed by atoms with van der Waals surface area (Å²) in [6, 6.07) is 4.46. The van der Waals surface area contributed by atoms with Gasteiger partial charge in [0.2, 0.25) is 0 Å². The average molecular weight is 286 g/mol. The number of ketones is 2. The van der Waals surface area contributed by atoms with Crippen molar-refractivity contribution in [1.29, 1.82) is 0 Å². The summed E-state index contributed by atoms with van der Waals surface area (Å²) in [4.78, 5) is 23.4. The van der Waals surface area contributed by atoms with Gasteiger partial charge in [0.25, 0.3) is 0 Å². The van der Waals surface area contributed by atoms with Crippen molar-refractivity contribution in [2.45, 2.75) is 19.7 Å². The highest BCUT2D eigenvalue weighted by Crippen LogP contribution is 2.24. The molecule has 0 amide bonds. The molecule has 0 fully saturated rings. The van der Waals surface area contributed by atoms with Gasteiger partial charge in [0.1, 0.15) is 11.5 Å². The summed E-state index contributed by atoms with van der Waals surface area (Å²) in [6.45, 7) is 4.75. The number of Topliss-reactive ketones (excluding diaryl/α,β-unsaturated/α-hetero) is 2. The third kappa shape index (κ3) is 4.53. The molecule has 6 heteroatoms. The molecule has 108 valence electrons. The Morgan fingerprint density at radius 3 is 2.25 bits per heavy atom. The van der Waals surface area contributed by atoms with Gasteiger partial charge in [-0.3, -0.25) is 9.59 Å². The molecule has 0 radical (unpaired) electrons. The highest BCUT2D eigenvalue weighted by Gasteiger charge is 2.31. The number of allylic oxidation sites excluding steroid dienone is 1. The predicted molar refractivity (Wildman–Crippen MR) is 66.4 cm³/mol. The van der Waals surface area contributed by atoms with Crippen LogP contribution in [0.4, 0.5) is 13.2 Å². The Kier molecular flexibility index (Phi) is 5.07. The first-order chi connectivity index (χ1) is 9.24. The molecule has 0 aliphatic rings. The van der Waals surface area contributed by atoms with Crippen LogP contribution in [0.3, 0.4) is 0 Å². The predicted octanol–water partition coefficient (Wildman–Crippen LogP) is 3.55. The Labute approximate surface area is 114 Å². The second-order valence-corrected chi connectivity index (χ2v) is 4.12. The lowest BCUT2D eigenvalue weighted by atomic mass is 9.91. The lowest BCUT2D eigenvalue weighted by molar-refractivity contribution is -0.274. The number of hydrogen-bond acceptors (Lipinski definition) is 3. The van der Waals surface area contributed by atoms with E-state index in [9.17, 15) is 22.8 Å². The highest BCUT2D eigenvalue weighted by molar-refractivity contribution is 6.10. The summed E-state index contributed by atoms with van der Waals surface area (Å²) in [5.41, 5.74) is 0.154. The molecule has 0 aromatic heterocycles. The van der Waals surface area contributed by atoms with Crippen molar-refractivity contribution >= 4 is 11.6 Å². The monoisotopic (exact) mass is 286 g/mol. The second kappa shape index (κ2) is 6.36. The SMILES string of the molecule is C=CCC(C(C)=O)C(=O)c1ccc(OC(F)(F)F)cc1. The number of ether oxygens (including phenoxy) is 1. The van der Waals surface area contributed by atoms with E-state index < -0.39 is 23.8 Å². The van der Waals surface area contributed by atoms with Crippen LogP contribution in [0.2, 0.25) is 0 Å². The molecule has 1 unspecified atom stereocenters. The lowest BCUT2D eigenvalue weighted by Crippen LogP contribution is -2.21. The molecule has 0 saturated carbocycles. The van der Waals surface area contributed by atoms with Gasteiger partial charge in [-0.2, -0.15) is 0 Å². The largest absolute Gasteiger partial charge is 0.573 e. The maximum atomic E-state index is 12.0. The van der Waals surface area contributed by atoms with Crippen LogP contribution >= 0.6 is 0 Å². The molecule has 0 spiro atoms. The molecule has 0 N–H and O–H groups in total. The molecule has 3 nitrogen and oxygen atoms in total. The van der Waals surface area contributed by atoms with Crippen molar-refractivity contribution in [3.05, 3.63) is 42.5 Å². The summed E-state index contributed by atoms with van der Waals surface area (Å²) in [7, 11) is 0. The Hall–Kier alpha value is -2.11. The van der Waals surface area contributed by atoms with Crippen molar-refractivity contribution in [3.8, 4) is 5.75 Å². The van der Waals surface area contributed by atoms with Gasteiger partial charge in [0.15, 0.2) is 5.78 Å². The molecular weight excluding hydrogens is 273 g/mol. The molecule has 1 rings (SSSR count). The van der Waals surface area contributed by atoms with Crippen LogP contribution in [0, 0.1) is 5.92 Å². The second-order valence-electron chi connectivity index (χ2n) is 4.12. The third-order valence-corrected chi connectivity index (χ3v) is 2.58.